The van der Waals surface area contributed by atoms with Crippen LogP contribution in [-0.4, -0.2) is 21.7 Å². The molecule has 0 atom stereocenters. The highest BCUT2D eigenvalue weighted by molar-refractivity contribution is 5.96. The summed E-state index contributed by atoms with van der Waals surface area (Å²) in [6.07, 6.45) is 5.57. The highest BCUT2D eigenvalue weighted by Crippen LogP contribution is 2.46. The number of nitrogens with zero attached hydrogens (tertiary/aromatic N) is 1. The van der Waals surface area contributed by atoms with Gasteiger partial charge >= 0.3 is 5.97 Å². The Balaban J connectivity index is 2.16. The summed E-state index contributed by atoms with van der Waals surface area (Å²) in [6, 6.07) is 1.87. The standard InChI is InChI=1S/C14H13NO3/c1-14(2)11-6-8(13(16)17)5-10(11)9-3-4-15-7-12(9)18-14/h3-4,6-7H,5H2,1-2H3,(H,16,17). The lowest BCUT2D eigenvalue weighted by Crippen LogP contribution is -2.33. The van der Waals surface area contributed by atoms with E-state index >= 15 is 0 Å². The maximum atomic E-state index is 11.1. The summed E-state index contributed by atoms with van der Waals surface area (Å²) in [7, 11) is 0. The Morgan fingerprint density at radius 2 is 2.28 bits per heavy atom. The topological polar surface area (TPSA) is 59.4 Å². The number of allylic oxidation sites excluding steroid dienone is 1. The van der Waals surface area contributed by atoms with Crippen molar-refractivity contribution in [3.8, 4) is 5.75 Å². The molecule has 92 valence electrons. The van der Waals surface area contributed by atoms with Crippen LogP contribution in [0.5, 0.6) is 5.75 Å². The fourth-order valence-electron chi connectivity index (χ4n) is 2.55. The maximum Gasteiger partial charge on any atom is 0.331 e. The second-order valence-corrected chi connectivity index (χ2v) is 5.03. The number of fused-ring (bicyclic) bond motifs is 2. The molecule has 0 bridgehead atoms. The van der Waals surface area contributed by atoms with Crippen LogP contribution in [-0.2, 0) is 4.79 Å². The van der Waals surface area contributed by atoms with Crippen molar-refractivity contribution in [3.63, 3.8) is 0 Å². The highest BCUT2D eigenvalue weighted by Gasteiger charge is 2.38. The Hall–Kier alpha value is -2.10. The van der Waals surface area contributed by atoms with Gasteiger partial charge in [-0.1, -0.05) is 0 Å². The van der Waals surface area contributed by atoms with Crippen LogP contribution < -0.4 is 4.74 Å². The Bertz CT molecular complexity index is 611. The van der Waals surface area contributed by atoms with Crippen LogP contribution in [0.15, 0.2) is 35.7 Å². The number of ether oxygens (including phenoxy) is 1. The summed E-state index contributed by atoms with van der Waals surface area (Å²) < 4.78 is 5.90. The van der Waals surface area contributed by atoms with E-state index in [-0.39, 0.29) is 0 Å². The van der Waals surface area contributed by atoms with Gasteiger partial charge in [0.1, 0.15) is 11.4 Å². The summed E-state index contributed by atoms with van der Waals surface area (Å²) in [5, 5.41) is 9.13. The molecular formula is C14H13NO3. The van der Waals surface area contributed by atoms with Gasteiger partial charge < -0.3 is 9.84 Å². The normalized spacial score (nSPS) is 19.8. The fourth-order valence-corrected chi connectivity index (χ4v) is 2.55. The van der Waals surface area contributed by atoms with Gasteiger partial charge in [-0.3, -0.25) is 4.98 Å². The fraction of sp³-hybridized carbons (Fsp3) is 0.286. The van der Waals surface area contributed by atoms with Gasteiger partial charge in [-0.25, -0.2) is 4.79 Å². The van der Waals surface area contributed by atoms with Gasteiger partial charge in [0.15, 0.2) is 0 Å². The largest absolute Gasteiger partial charge is 0.481 e. The minimum Gasteiger partial charge on any atom is -0.481 e. The molecule has 0 amide bonds. The van der Waals surface area contributed by atoms with E-state index < -0.39 is 11.6 Å². The van der Waals surface area contributed by atoms with E-state index in [1.165, 1.54) is 0 Å². The van der Waals surface area contributed by atoms with E-state index in [1.54, 1.807) is 18.5 Å². The SMILES string of the molecule is CC1(C)Oc2cnccc2C2=C1C=C(C(=O)O)C2. The molecule has 1 aliphatic carbocycles. The van der Waals surface area contributed by atoms with E-state index in [0.717, 1.165) is 22.5 Å². The number of carboxylic acids is 1. The summed E-state index contributed by atoms with van der Waals surface area (Å²) >= 11 is 0. The predicted molar refractivity (Wildman–Crippen MR) is 66.2 cm³/mol. The molecule has 0 saturated heterocycles. The molecule has 0 saturated carbocycles. The lowest BCUT2D eigenvalue weighted by atomic mass is 9.88. The molecule has 2 heterocycles. The number of carboxylic acid groups (broad SMARTS) is 1. The van der Waals surface area contributed by atoms with E-state index in [0.29, 0.717) is 12.0 Å². The Kier molecular flexibility index (Phi) is 2.11. The molecular weight excluding hydrogens is 230 g/mol. The van der Waals surface area contributed by atoms with Gasteiger partial charge in [0.05, 0.1) is 6.20 Å². The van der Waals surface area contributed by atoms with Gasteiger partial charge in [0.25, 0.3) is 0 Å². The van der Waals surface area contributed by atoms with Crippen molar-refractivity contribution < 1.29 is 14.6 Å². The minimum absolute atomic E-state index is 0.418. The number of rotatable bonds is 1. The van der Waals surface area contributed by atoms with Gasteiger partial charge in [-0.2, -0.15) is 0 Å². The van der Waals surface area contributed by atoms with E-state index in [9.17, 15) is 4.79 Å². The second kappa shape index (κ2) is 3.45. The molecule has 0 fully saturated rings. The number of hydrogen-bond donors (Lipinski definition) is 1. The molecule has 2 aliphatic rings. The first-order chi connectivity index (χ1) is 8.49. The molecule has 1 N–H and O–H groups in total. The number of aliphatic carboxylic acids is 1. The molecule has 0 radical (unpaired) electrons. The van der Waals surface area contributed by atoms with Crippen molar-refractivity contribution in [1.29, 1.82) is 0 Å². The average Bonchev–Trinajstić information content (AvgIpc) is 2.74. The smallest absolute Gasteiger partial charge is 0.331 e. The van der Waals surface area contributed by atoms with Gasteiger partial charge in [-0.15, -0.1) is 0 Å². The summed E-state index contributed by atoms with van der Waals surface area (Å²) in [5.41, 5.74) is 2.86. The lowest BCUT2D eigenvalue weighted by molar-refractivity contribution is -0.132. The van der Waals surface area contributed by atoms with Crippen molar-refractivity contribution in [1.82, 2.24) is 4.98 Å². The second-order valence-electron chi connectivity index (χ2n) is 5.03. The van der Waals surface area contributed by atoms with Crippen molar-refractivity contribution in [2.24, 2.45) is 0 Å². The highest BCUT2D eigenvalue weighted by atomic mass is 16.5. The number of pyridine rings is 1. The number of carbonyl (C=O) groups is 1. The van der Waals surface area contributed by atoms with E-state index in [2.05, 4.69) is 4.98 Å². The quantitative estimate of drug-likeness (QED) is 0.822. The van der Waals surface area contributed by atoms with Crippen LogP contribution in [0.3, 0.4) is 0 Å². The van der Waals surface area contributed by atoms with Crippen LogP contribution in [0.2, 0.25) is 0 Å². The van der Waals surface area contributed by atoms with Crippen molar-refractivity contribution in [2.45, 2.75) is 25.9 Å². The summed E-state index contributed by atoms with van der Waals surface area (Å²) in [5.74, 6) is -0.142. The minimum atomic E-state index is -0.865. The molecule has 0 unspecified atom stereocenters. The monoisotopic (exact) mass is 243 g/mol. The van der Waals surface area contributed by atoms with E-state index in [4.69, 9.17) is 9.84 Å². The third-order valence-electron chi connectivity index (χ3n) is 3.41. The number of hydrogen-bond acceptors (Lipinski definition) is 3. The van der Waals surface area contributed by atoms with Crippen molar-refractivity contribution >= 4 is 11.5 Å². The first-order valence-corrected chi connectivity index (χ1v) is 5.80. The predicted octanol–water partition coefficient (Wildman–Crippen LogP) is 2.42. The van der Waals surface area contributed by atoms with Crippen LogP contribution in [0, 0.1) is 0 Å². The van der Waals surface area contributed by atoms with Crippen LogP contribution in [0.4, 0.5) is 0 Å². The zero-order chi connectivity index (χ0) is 12.9. The molecule has 0 spiro atoms. The van der Waals surface area contributed by atoms with Crippen LogP contribution in [0.25, 0.3) is 5.57 Å². The Morgan fingerprint density at radius 1 is 1.50 bits per heavy atom. The van der Waals surface area contributed by atoms with Gasteiger partial charge in [0.2, 0.25) is 0 Å². The van der Waals surface area contributed by atoms with Crippen molar-refractivity contribution in [3.05, 3.63) is 41.2 Å². The molecule has 3 rings (SSSR count). The Labute approximate surface area is 105 Å². The molecule has 18 heavy (non-hydrogen) atoms. The molecule has 4 nitrogen and oxygen atoms in total. The Morgan fingerprint density at radius 3 is 3.00 bits per heavy atom. The van der Waals surface area contributed by atoms with Crippen molar-refractivity contribution in [2.75, 3.05) is 0 Å². The third-order valence-corrected chi connectivity index (χ3v) is 3.41. The first-order valence-electron chi connectivity index (χ1n) is 5.80. The molecule has 1 aliphatic heterocycles. The zero-order valence-corrected chi connectivity index (χ0v) is 10.2. The molecule has 0 aromatic carbocycles. The first kappa shape index (κ1) is 11.0. The lowest BCUT2D eigenvalue weighted by Gasteiger charge is -2.33. The zero-order valence-electron chi connectivity index (χ0n) is 10.2. The molecule has 4 heteroatoms. The van der Waals surface area contributed by atoms with Crippen LogP contribution in [0.1, 0.15) is 25.8 Å². The number of aromatic nitrogens is 1. The molecule has 1 aromatic heterocycles. The third kappa shape index (κ3) is 1.45. The van der Waals surface area contributed by atoms with Crippen LogP contribution >= 0.6 is 0 Å². The van der Waals surface area contributed by atoms with Gasteiger partial charge in [-0.05, 0) is 37.1 Å². The summed E-state index contributed by atoms with van der Waals surface area (Å²) in [6.45, 7) is 3.89. The van der Waals surface area contributed by atoms with E-state index in [1.807, 2.05) is 19.9 Å². The summed E-state index contributed by atoms with van der Waals surface area (Å²) in [4.78, 5) is 15.2. The average molecular weight is 243 g/mol. The maximum absolute atomic E-state index is 11.1. The molecule has 1 aromatic rings. The van der Waals surface area contributed by atoms with Gasteiger partial charge in [0, 0.05) is 23.8 Å².